The van der Waals surface area contributed by atoms with Gasteiger partial charge in [-0.25, -0.2) is 10.2 Å². The average molecular weight is 406 g/mol. The molecule has 1 aliphatic heterocycles. The van der Waals surface area contributed by atoms with Crippen LogP contribution in [0.5, 0.6) is 11.5 Å². The number of aromatic carboxylic acids is 1. The fraction of sp³-hybridized carbons (Fsp3) is 0.136. The molecule has 2 heterocycles. The lowest BCUT2D eigenvalue weighted by Crippen LogP contribution is -2.20. The Bertz CT molecular complexity index is 1120. The van der Waals surface area contributed by atoms with E-state index in [0.29, 0.717) is 41.8 Å². The van der Waals surface area contributed by atoms with Crippen LogP contribution in [0.3, 0.4) is 0 Å². The van der Waals surface area contributed by atoms with Gasteiger partial charge in [0.1, 0.15) is 24.7 Å². The SMILES string of the molecule is O=C(Cc1ccc2c(c1)OCCO2)N/N=C\c1ccc(-c2cccc(C(=O)O)c2)o1. The molecule has 1 aliphatic rings. The lowest BCUT2D eigenvalue weighted by molar-refractivity contribution is -0.120. The number of carboxylic acids is 1. The Kier molecular flexibility index (Phi) is 5.47. The maximum Gasteiger partial charge on any atom is 0.335 e. The number of furan rings is 1. The highest BCUT2D eigenvalue weighted by atomic mass is 16.6. The van der Waals surface area contributed by atoms with Crippen molar-refractivity contribution in [2.24, 2.45) is 5.10 Å². The second-order valence-corrected chi connectivity index (χ2v) is 6.54. The number of fused-ring (bicyclic) bond motifs is 1. The van der Waals surface area contributed by atoms with E-state index in [4.69, 9.17) is 19.0 Å². The fourth-order valence-corrected chi connectivity index (χ4v) is 2.97. The third-order valence-corrected chi connectivity index (χ3v) is 4.37. The predicted molar refractivity (Wildman–Crippen MR) is 108 cm³/mol. The lowest BCUT2D eigenvalue weighted by Gasteiger charge is -2.18. The predicted octanol–water partition coefficient (Wildman–Crippen LogP) is 3.11. The molecule has 1 aromatic heterocycles. The first-order chi connectivity index (χ1) is 14.6. The standard InChI is InChI=1S/C22H18N2O6/c25-21(11-14-4-6-19-20(10-14)29-9-8-28-19)24-23-13-17-5-7-18(30-17)15-2-1-3-16(12-15)22(26)27/h1-7,10,12-13H,8-9,11H2,(H,24,25)(H,26,27)/b23-13-. The molecule has 3 aromatic rings. The molecule has 1 amide bonds. The van der Waals surface area contributed by atoms with Crippen molar-refractivity contribution in [3.8, 4) is 22.8 Å². The van der Waals surface area contributed by atoms with Crippen molar-refractivity contribution < 1.29 is 28.6 Å². The maximum atomic E-state index is 12.1. The van der Waals surface area contributed by atoms with Crippen LogP contribution in [0.4, 0.5) is 0 Å². The van der Waals surface area contributed by atoms with Crippen LogP contribution in [0.1, 0.15) is 21.7 Å². The number of carbonyl (C=O) groups is 2. The Balaban J connectivity index is 1.35. The molecule has 0 spiro atoms. The van der Waals surface area contributed by atoms with Gasteiger partial charge in [-0.1, -0.05) is 18.2 Å². The first-order valence-corrected chi connectivity index (χ1v) is 9.22. The summed E-state index contributed by atoms with van der Waals surface area (Å²) in [7, 11) is 0. The summed E-state index contributed by atoms with van der Waals surface area (Å²) in [6.45, 7) is 1.000. The molecule has 152 valence electrons. The molecule has 4 rings (SSSR count). The smallest absolute Gasteiger partial charge is 0.335 e. The number of hydrogen-bond acceptors (Lipinski definition) is 6. The number of carbonyl (C=O) groups excluding carboxylic acids is 1. The summed E-state index contributed by atoms with van der Waals surface area (Å²) < 4.78 is 16.6. The van der Waals surface area contributed by atoms with Gasteiger partial charge in [0.05, 0.1) is 18.2 Å². The van der Waals surface area contributed by atoms with Gasteiger partial charge in [0.25, 0.3) is 0 Å². The molecule has 0 fully saturated rings. The number of rotatable bonds is 6. The molecule has 8 heteroatoms. The molecule has 2 aromatic carbocycles. The molecule has 0 saturated heterocycles. The van der Waals surface area contributed by atoms with Crippen LogP contribution < -0.4 is 14.9 Å². The summed E-state index contributed by atoms with van der Waals surface area (Å²) in [6.07, 6.45) is 1.52. The Morgan fingerprint density at radius 3 is 2.70 bits per heavy atom. The minimum atomic E-state index is -1.01. The number of ether oxygens (including phenoxy) is 2. The first-order valence-electron chi connectivity index (χ1n) is 9.22. The normalized spacial score (nSPS) is 12.7. The van der Waals surface area contributed by atoms with Crippen LogP contribution in [-0.2, 0) is 11.2 Å². The molecule has 0 saturated carbocycles. The van der Waals surface area contributed by atoms with E-state index in [1.165, 1.54) is 18.3 Å². The molecular formula is C22H18N2O6. The summed E-state index contributed by atoms with van der Waals surface area (Å²) in [6, 6.07) is 15.2. The number of benzene rings is 2. The van der Waals surface area contributed by atoms with Gasteiger partial charge in [-0.15, -0.1) is 0 Å². The van der Waals surface area contributed by atoms with Gasteiger partial charge >= 0.3 is 5.97 Å². The fourth-order valence-electron chi connectivity index (χ4n) is 2.97. The zero-order valence-electron chi connectivity index (χ0n) is 15.8. The topological polar surface area (TPSA) is 110 Å². The molecule has 0 aliphatic carbocycles. The third kappa shape index (κ3) is 4.49. The van der Waals surface area contributed by atoms with E-state index in [9.17, 15) is 9.59 Å². The van der Waals surface area contributed by atoms with Crippen LogP contribution in [0.15, 0.2) is 64.1 Å². The number of hydrogen-bond donors (Lipinski definition) is 2. The first kappa shape index (κ1) is 19.3. The van der Waals surface area contributed by atoms with Crippen LogP contribution in [0.2, 0.25) is 0 Å². The van der Waals surface area contributed by atoms with Crippen molar-refractivity contribution in [1.29, 1.82) is 0 Å². The van der Waals surface area contributed by atoms with Gasteiger partial charge in [-0.05, 0) is 42.0 Å². The molecular weight excluding hydrogens is 388 g/mol. The molecule has 2 N–H and O–H groups in total. The highest BCUT2D eigenvalue weighted by molar-refractivity contribution is 5.89. The zero-order chi connectivity index (χ0) is 20.9. The number of amides is 1. The van der Waals surface area contributed by atoms with E-state index in [1.54, 1.807) is 42.5 Å². The third-order valence-electron chi connectivity index (χ3n) is 4.37. The zero-order valence-corrected chi connectivity index (χ0v) is 15.8. The van der Waals surface area contributed by atoms with Gasteiger partial charge in [0, 0.05) is 5.56 Å². The Morgan fingerprint density at radius 2 is 1.87 bits per heavy atom. The van der Waals surface area contributed by atoms with Crippen molar-refractivity contribution in [2.45, 2.75) is 6.42 Å². The Morgan fingerprint density at radius 1 is 1.03 bits per heavy atom. The molecule has 0 bridgehead atoms. The quantitative estimate of drug-likeness (QED) is 0.481. The van der Waals surface area contributed by atoms with E-state index in [0.717, 1.165) is 5.56 Å². The average Bonchev–Trinajstić information content (AvgIpc) is 3.23. The number of nitrogens with zero attached hydrogens (tertiary/aromatic N) is 1. The molecule has 0 radical (unpaired) electrons. The Labute approximate surface area is 171 Å². The second-order valence-electron chi connectivity index (χ2n) is 6.54. The summed E-state index contributed by atoms with van der Waals surface area (Å²) in [5.41, 5.74) is 4.04. The van der Waals surface area contributed by atoms with E-state index < -0.39 is 5.97 Å². The second kappa shape index (κ2) is 8.52. The molecule has 0 atom stereocenters. The summed E-state index contributed by atoms with van der Waals surface area (Å²) >= 11 is 0. The van der Waals surface area contributed by atoms with Crippen LogP contribution >= 0.6 is 0 Å². The van der Waals surface area contributed by atoms with E-state index >= 15 is 0 Å². The highest BCUT2D eigenvalue weighted by Crippen LogP contribution is 2.30. The van der Waals surface area contributed by atoms with Crippen molar-refractivity contribution >= 4 is 18.1 Å². The van der Waals surface area contributed by atoms with Crippen LogP contribution in [0.25, 0.3) is 11.3 Å². The lowest BCUT2D eigenvalue weighted by atomic mass is 10.1. The monoisotopic (exact) mass is 406 g/mol. The number of nitrogens with one attached hydrogen (secondary N) is 1. The van der Waals surface area contributed by atoms with E-state index in [-0.39, 0.29) is 17.9 Å². The van der Waals surface area contributed by atoms with Crippen molar-refractivity contribution in [3.05, 3.63) is 71.5 Å². The number of carboxylic acid groups (broad SMARTS) is 1. The largest absolute Gasteiger partial charge is 0.486 e. The van der Waals surface area contributed by atoms with Crippen molar-refractivity contribution in [1.82, 2.24) is 5.43 Å². The molecule has 8 nitrogen and oxygen atoms in total. The Hall–Kier alpha value is -4.07. The van der Waals surface area contributed by atoms with Gasteiger partial charge < -0.3 is 19.0 Å². The number of hydrazone groups is 1. The van der Waals surface area contributed by atoms with Crippen LogP contribution in [-0.4, -0.2) is 36.4 Å². The molecule has 30 heavy (non-hydrogen) atoms. The van der Waals surface area contributed by atoms with Gasteiger partial charge in [0.15, 0.2) is 11.5 Å². The van der Waals surface area contributed by atoms with Crippen molar-refractivity contribution in [3.63, 3.8) is 0 Å². The maximum absolute atomic E-state index is 12.1. The van der Waals surface area contributed by atoms with Crippen LogP contribution in [0, 0.1) is 0 Å². The van der Waals surface area contributed by atoms with Gasteiger partial charge in [0.2, 0.25) is 5.91 Å². The van der Waals surface area contributed by atoms with E-state index in [1.807, 2.05) is 0 Å². The van der Waals surface area contributed by atoms with Gasteiger partial charge in [-0.2, -0.15) is 5.10 Å². The minimum Gasteiger partial charge on any atom is -0.486 e. The summed E-state index contributed by atoms with van der Waals surface area (Å²) in [5, 5.41) is 13.0. The summed E-state index contributed by atoms with van der Waals surface area (Å²) in [5.74, 6) is 0.929. The van der Waals surface area contributed by atoms with Gasteiger partial charge in [-0.3, -0.25) is 4.79 Å². The molecule has 0 unspecified atom stereocenters. The van der Waals surface area contributed by atoms with E-state index in [2.05, 4.69) is 10.5 Å². The van der Waals surface area contributed by atoms with Crippen molar-refractivity contribution in [2.75, 3.05) is 13.2 Å². The summed E-state index contributed by atoms with van der Waals surface area (Å²) in [4.78, 5) is 23.2. The highest BCUT2D eigenvalue weighted by Gasteiger charge is 2.13. The minimum absolute atomic E-state index is 0.138.